The Morgan fingerprint density at radius 2 is 0.846 bits per heavy atom. The third kappa shape index (κ3) is 4.09. The predicted molar refractivity (Wildman–Crippen MR) is 65.8 cm³/mol. The van der Waals surface area contributed by atoms with Gasteiger partial charge in [-0.05, 0) is 24.2 Å². The van der Waals surface area contributed by atoms with Crippen molar-refractivity contribution >= 4 is 8.07 Å². The van der Waals surface area contributed by atoms with Gasteiger partial charge in [-0.2, -0.15) is 0 Å². The average Bonchev–Trinajstić information content (AvgIpc) is 2.06. The molecular weight excluding hydrogens is 172 g/mol. The van der Waals surface area contributed by atoms with Crippen LogP contribution in [0.1, 0.15) is 0 Å². The zero-order chi connectivity index (χ0) is 10.2. The van der Waals surface area contributed by atoms with Crippen molar-refractivity contribution in [2.45, 2.75) is 24.2 Å². The first kappa shape index (κ1) is 12.2. The van der Waals surface area contributed by atoms with E-state index in [0.717, 1.165) is 24.2 Å². The van der Waals surface area contributed by atoms with Gasteiger partial charge < -0.3 is 0 Å². The number of allylic oxidation sites excluding steroid dienone is 4. The Kier molecular flexibility index (Phi) is 6.24. The van der Waals surface area contributed by atoms with E-state index in [0.29, 0.717) is 0 Å². The van der Waals surface area contributed by atoms with Gasteiger partial charge in [-0.3, -0.25) is 0 Å². The van der Waals surface area contributed by atoms with E-state index in [-0.39, 0.29) is 0 Å². The summed E-state index contributed by atoms with van der Waals surface area (Å²) in [4.78, 5) is 0. The van der Waals surface area contributed by atoms with Gasteiger partial charge in [-0.1, -0.05) is 24.3 Å². The van der Waals surface area contributed by atoms with Gasteiger partial charge in [0.05, 0.1) is 8.07 Å². The summed E-state index contributed by atoms with van der Waals surface area (Å²) in [6, 6.07) is 4.54. The Bertz CT molecular complexity index is 146. The minimum atomic E-state index is -1.27. The fourth-order valence-corrected chi connectivity index (χ4v) is 5.17. The lowest BCUT2D eigenvalue weighted by Crippen LogP contribution is -2.30. The van der Waals surface area contributed by atoms with Crippen molar-refractivity contribution in [2.75, 3.05) is 0 Å². The fourth-order valence-electron chi connectivity index (χ4n) is 1.72. The van der Waals surface area contributed by atoms with Crippen LogP contribution in [0, 0.1) is 0 Å². The molecule has 0 aliphatic heterocycles. The second-order valence-corrected chi connectivity index (χ2v) is 8.10. The predicted octanol–water partition coefficient (Wildman–Crippen LogP) is 4.18. The van der Waals surface area contributed by atoms with Crippen molar-refractivity contribution in [3.05, 3.63) is 50.6 Å². The molecule has 0 aliphatic rings. The van der Waals surface area contributed by atoms with Crippen LogP contribution in [0.25, 0.3) is 0 Å². The maximum Gasteiger partial charge on any atom is 0.0685 e. The molecule has 72 valence electrons. The van der Waals surface area contributed by atoms with Gasteiger partial charge in [0.25, 0.3) is 0 Å². The first-order chi connectivity index (χ1) is 6.24. The van der Waals surface area contributed by atoms with E-state index in [1.807, 2.05) is 24.3 Å². The maximum atomic E-state index is 3.82. The molecule has 0 nitrogen and oxygen atoms in total. The number of hydrogen-bond donors (Lipinski definition) is 0. The van der Waals surface area contributed by atoms with Crippen LogP contribution in [0.2, 0.25) is 24.2 Å². The minimum Gasteiger partial charge on any atom is -0.103 e. The van der Waals surface area contributed by atoms with Crippen LogP contribution in [-0.4, -0.2) is 8.07 Å². The summed E-state index contributed by atoms with van der Waals surface area (Å²) in [5.41, 5.74) is 0. The highest BCUT2D eigenvalue weighted by atomic mass is 28.3. The summed E-state index contributed by atoms with van der Waals surface area (Å²) in [7, 11) is -1.27. The molecule has 0 aromatic carbocycles. The van der Waals surface area contributed by atoms with Crippen LogP contribution in [0.15, 0.2) is 50.6 Å². The Morgan fingerprint density at radius 3 is 1.00 bits per heavy atom. The molecule has 0 unspecified atom stereocenters. The Hall–Kier alpha value is -0.823. The van der Waals surface area contributed by atoms with Crippen LogP contribution in [0.4, 0.5) is 0 Å². The lowest BCUT2D eigenvalue weighted by molar-refractivity contribution is 1.30. The van der Waals surface area contributed by atoms with Crippen molar-refractivity contribution in [1.29, 1.82) is 0 Å². The smallest absolute Gasteiger partial charge is 0.0685 e. The van der Waals surface area contributed by atoms with Gasteiger partial charge in [-0.15, -0.1) is 26.3 Å². The molecule has 0 bridgehead atoms. The maximum absolute atomic E-state index is 3.82. The molecule has 0 saturated heterocycles. The molecule has 1 heteroatoms. The summed E-state index contributed by atoms with van der Waals surface area (Å²) in [6.45, 7) is 15.3. The standard InChI is InChI=1S/C12H20Si/c1-5-9-13(10-6-2,11-7-3)12-8-4/h5-8H,1-4,9-12H2. The molecule has 0 N–H and O–H groups in total. The monoisotopic (exact) mass is 192 g/mol. The molecule has 0 fully saturated rings. The van der Waals surface area contributed by atoms with Crippen molar-refractivity contribution in [2.24, 2.45) is 0 Å². The van der Waals surface area contributed by atoms with Crippen LogP contribution < -0.4 is 0 Å². The summed E-state index contributed by atoms with van der Waals surface area (Å²) in [6.07, 6.45) is 8.12. The van der Waals surface area contributed by atoms with E-state index in [2.05, 4.69) is 26.3 Å². The van der Waals surface area contributed by atoms with E-state index in [9.17, 15) is 0 Å². The third-order valence-corrected chi connectivity index (χ3v) is 6.93. The Morgan fingerprint density at radius 1 is 0.615 bits per heavy atom. The largest absolute Gasteiger partial charge is 0.103 e. The average molecular weight is 192 g/mol. The highest BCUT2D eigenvalue weighted by molar-refractivity contribution is 6.81. The Balaban J connectivity index is 4.53. The molecule has 13 heavy (non-hydrogen) atoms. The van der Waals surface area contributed by atoms with E-state index in [1.165, 1.54) is 0 Å². The van der Waals surface area contributed by atoms with Crippen LogP contribution in [0.3, 0.4) is 0 Å². The van der Waals surface area contributed by atoms with E-state index < -0.39 is 8.07 Å². The number of rotatable bonds is 8. The highest BCUT2D eigenvalue weighted by Crippen LogP contribution is 2.27. The summed E-state index contributed by atoms with van der Waals surface area (Å²) in [5, 5.41) is 0. The lowest BCUT2D eigenvalue weighted by atomic mass is 10.7. The van der Waals surface area contributed by atoms with Crippen molar-refractivity contribution < 1.29 is 0 Å². The highest BCUT2D eigenvalue weighted by Gasteiger charge is 2.26. The summed E-state index contributed by atoms with van der Waals surface area (Å²) >= 11 is 0. The molecule has 0 amide bonds. The molecule has 0 saturated carbocycles. The van der Waals surface area contributed by atoms with Crippen molar-refractivity contribution in [3.8, 4) is 0 Å². The van der Waals surface area contributed by atoms with Crippen LogP contribution >= 0.6 is 0 Å². The SMILES string of the molecule is C=CC[Si](CC=C)(CC=C)CC=C. The zero-order valence-corrected chi connectivity index (χ0v) is 9.47. The van der Waals surface area contributed by atoms with Gasteiger partial charge in [0, 0.05) is 0 Å². The molecule has 0 rings (SSSR count). The van der Waals surface area contributed by atoms with Gasteiger partial charge in [0.15, 0.2) is 0 Å². The second-order valence-electron chi connectivity index (χ2n) is 3.47. The minimum absolute atomic E-state index is 1.14. The molecule has 0 radical (unpaired) electrons. The molecule has 0 spiro atoms. The van der Waals surface area contributed by atoms with Crippen molar-refractivity contribution in [1.82, 2.24) is 0 Å². The first-order valence-electron chi connectivity index (χ1n) is 4.68. The summed E-state index contributed by atoms with van der Waals surface area (Å²) in [5.74, 6) is 0. The van der Waals surface area contributed by atoms with Gasteiger partial charge in [-0.25, -0.2) is 0 Å². The van der Waals surface area contributed by atoms with E-state index in [4.69, 9.17) is 0 Å². The van der Waals surface area contributed by atoms with Gasteiger partial charge in [0.1, 0.15) is 0 Å². The lowest BCUT2D eigenvalue weighted by Gasteiger charge is -2.27. The van der Waals surface area contributed by atoms with E-state index in [1.54, 1.807) is 0 Å². The fraction of sp³-hybridized carbons (Fsp3) is 0.333. The van der Waals surface area contributed by atoms with Gasteiger partial charge in [0.2, 0.25) is 0 Å². The van der Waals surface area contributed by atoms with Crippen molar-refractivity contribution in [3.63, 3.8) is 0 Å². The topological polar surface area (TPSA) is 0 Å². The third-order valence-electron chi connectivity index (χ3n) is 2.31. The Labute approximate surface area is 83.4 Å². The molecular formula is C12H20Si. The molecule has 0 aromatic heterocycles. The quantitative estimate of drug-likeness (QED) is 0.400. The molecule has 0 atom stereocenters. The summed E-state index contributed by atoms with van der Waals surface area (Å²) < 4.78 is 0. The molecule has 0 aromatic rings. The van der Waals surface area contributed by atoms with Gasteiger partial charge >= 0.3 is 0 Å². The molecule has 0 aliphatic carbocycles. The molecule has 0 heterocycles. The number of hydrogen-bond acceptors (Lipinski definition) is 0. The van der Waals surface area contributed by atoms with Crippen LogP contribution in [0.5, 0.6) is 0 Å². The second kappa shape index (κ2) is 6.67. The normalized spacial score (nSPS) is 10.5. The van der Waals surface area contributed by atoms with E-state index >= 15 is 0 Å². The van der Waals surface area contributed by atoms with Crippen LogP contribution in [-0.2, 0) is 0 Å². The zero-order valence-electron chi connectivity index (χ0n) is 8.47. The first-order valence-corrected chi connectivity index (χ1v) is 7.51.